The van der Waals surface area contributed by atoms with Crippen molar-refractivity contribution < 1.29 is 0 Å². The molecule has 2 aromatic heterocycles. The molecule has 2 N–H and O–H groups in total. The van der Waals surface area contributed by atoms with Crippen molar-refractivity contribution in [2.75, 3.05) is 0 Å². The lowest BCUT2D eigenvalue weighted by molar-refractivity contribution is 0.465. The van der Waals surface area contributed by atoms with E-state index in [4.69, 9.17) is 5.26 Å². The first-order valence-electron chi connectivity index (χ1n) is 6.57. The van der Waals surface area contributed by atoms with E-state index in [9.17, 15) is 0 Å². The number of hydrogen-bond donors (Lipinski definition) is 2. The lowest BCUT2D eigenvalue weighted by Gasteiger charge is -2.15. The molecule has 0 radical (unpaired) electrons. The van der Waals surface area contributed by atoms with Crippen LogP contribution < -0.4 is 5.32 Å². The molecule has 1 aliphatic rings. The summed E-state index contributed by atoms with van der Waals surface area (Å²) in [4.78, 5) is 1.21. The second kappa shape index (κ2) is 5.55. The van der Waals surface area contributed by atoms with Gasteiger partial charge in [-0.3, -0.25) is 5.10 Å². The van der Waals surface area contributed by atoms with Crippen molar-refractivity contribution in [3.05, 3.63) is 29.3 Å². The molecule has 0 saturated heterocycles. The molecule has 0 aliphatic heterocycles. The first kappa shape index (κ1) is 12.4. The standard InChI is InChI=1S/C14H16N4S/c15-7-10-3-1-4-12(10)16-8-11-9-17-18-14(11)13-5-2-6-19-13/h2,5-6,9-10,12,16H,1,3-4,8H2,(H,17,18). The van der Waals surface area contributed by atoms with Crippen LogP contribution in [0.3, 0.4) is 0 Å². The van der Waals surface area contributed by atoms with Gasteiger partial charge in [0, 0.05) is 18.2 Å². The van der Waals surface area contributed by atoms with Gasteiger partial charge in [-0.2, -0.15) is 10.4 Å². The van der Waals surface area contributed by atoms with Crippen molar-refractivity contribution in [3.8, 4) is 16.6 Å². The first-order chi connectivity index (χ1) is 9.38. The van der Waals surface area contributed by atoms with Crippen LogP contribution in [0.25, 0.3) is 10.6 Å². The average molecular weight is 272 g/mol. The van der Waals surface area contributed by atoms with Crippen LogP contribution in [0.5, 0.6) is 0 Å². The molecule has 0 aromatic carbocycles. The Morgan fingerprint density at radius 2 is 2.47 bits per heavy atom. The summed E-state index contributed by atoms with van der Waals surface area (Å²) in [5, 5.41) is 21.9. The number of hydrogen-bond acceptors (Lipinski definition) is 4. The highest BCUT2D eigenvalue weighted by Gasteiger charge is 2.26. The van der Waals surface area contributed by atoms with E-state index < -0.39 is 0 Å². The summed E-state index contributed by atoms with van der Waals surface area (Å²) in [5.41, 5.74) is 2.26. The molecule has 4 nitrogen and oxygen atoms in total. The van der Waals surface area contributed by atoms with Gasteiger partial charge in [0.2, 0.25) is 0 Å². The van der Waals surface area contributed by atoms with Gasteiger partial charge < -0.3 is 5.32 Å². The minimum absolute atomic E-state index is 0.164. The van der Waals surface area contributed by atoms with Crippen molar-refractivity contribution in [2.45, 2.75) is 31.8 Å². The van der Waals surface area contributed by atoms with Crippen LogP contribution in [0, 0.1) is 17.2 Å². The third kappa shape index (κ3) is 2.55. The van der Waals surface area contributed by atoms with E-state index in [0.29, 0.717) is 6.04 Å². The van der Waals surface area contributed by atoms with Crippen molar-refractivity contribution in [1.82, 2.24) is 15.5 Å². The number of nitriles is 1. The van der Waals surface area contributed by atoms with Gasteiger partial charge in [0.1, 0.15) is 0 Å². The summed E-state index contributed by atoms with van der Waals surface area (Å²) in [6.07, 6.45) is 5.15. The molecule has 2 aromatic rings. The van der Waals surface area contributed by atoms with Crippen molar-refractivity contribution in [3.63, 3.8) is 0 Å². The Balaban J connectivity index is 1.68. The second-order valence-electron chi connectivity index (χ2n) is 4.90. The fourth-order valence-corrected chi connectivity index (χ4v) is 3.43. The summed E-state index contributed by atoms with van der Waals surface area (Å²) in [7, 11) is 0. The zero-order chi connectivity index (χ0) is 13.1. The Kier molecular flexibility index (Phi) is 3.62. The Bertz CT molecular complexity index is 567. The summed E-state index contributed by atoms with van der Waals surface area (Å²) >= 11 is 1.71. The Hall–Kier alpha value is -1.64. The molecule has 2 heterocycles. The maximum absolute atomic E-state index is 9.09. The number of aromatic amines is 1. The van der Waals surface area contributed by atoms with Crippen LogP contribution in [0.4, 0.5) is 0 Å². The fourth-order valence-electron chi connectivity index (χ4n) is 2.68. The van der Waals surface area contributed by atoms with Gasteiger partial charge in [-0.15, -0.1) is 11.3 Å². The van der Waals surface area contributed by atoms with Crippen molar-refractivity contribution in [2.24, 2.45) is 5.92 Å². The van der Waals surface area contributed by atoms with Crippen LogP contribution >= 0.6 is 11.3 Å². The third-order valence-electron chi connectivity index (χ3n) is 3.72. The van der Waals surface area contributed by atoms with Crippen LogP contribution in [-0.2, 0) is 6.54 Å². The van der Waals surface area contributed by atoms with Gasteiger partial charge in [-0.25, -0.2) is 0 Å². The predicted octanol–water partition coefficient (Wildman–Crippen LogP) is 2.92. The topological polar surface area (TPSA) is 64.5 Å². The molecule has 0 bridgehead atoms. The minimum Gasteiger partial charge on any atom is -0.308 e. The normalized spacial score (nSPS) is 22.5. The zero-order valence-corrected chi connectivity index (χ0v) is 11.4. The quantitative estimate of drug-likeness (QED) is 0.899. The number of H-pyrrole nitrogens is 1. The first-order valence-corrected chi connectivity index (χ1v) is 7.45. The van der Waals surface area contributed by atoms with Gasteiger partial charge in [-0.1, -0.05) is 12.5 Å². The van der Waals surface area contributed by atoms with Gasteiger partial charge in [-0.05, 0) is 24.3 Å². The molecule has 2 atom stereocenters. The van der Waals surface area contributed by atoms with Crippen molar-refractivity contribution >= 4 is 11.3 Å². The lowest BCUT2D eigenvalue weighted by atomic mass is 10.1. The minimum atomic E-state index is 0.164. The van der Waals surface area contributed by atoms with E-state index in [1.54, 1.807) is 11.3 Å². The Labute approximate surface area is 116 Å². The zero-order valence-electron chi connectivity index (χ0n) is 10.6. The fraction of sp³-hybridized carbons (Fsp3) is 0.429. The summed E-state index contributed by atoms with van der Waals surface area (Å²) in [6, 6.07) is 6.87. The smallest absolute Gasteiger partial charge is 0.0794 e. The van der Waals surface area contributed by atoms with Crippen LogP contribution in [0.15, 0.2) is 23.7 Å². The maximum Gasteiger partial charge on any atom is 0.0794 e. The number of aromatic nitrogens is 2. The third-order valence-corrected chi connectivity index (χ3v) is 4.61. The molecule has 98 valence electrons. The molecule has 5 heteroatoms. The molecule has 19 heavy (non-hydrogen) atoms. The lowest BCUT2D eigenvalue weighted by Crippen LogP contribution is -2.31. The number of thiophene rings is 1. The molecule has 3 rings (SSSR count). The molecule has 0 spiro atoms. The van der Waals surface area contributed by atoms with E-state index in [-0.39, 0.29) is 5.92 Å². The highest BCUT2D eigenvalue weighted by Crippen LogP contribution is 2.28. The van der Waals surface area contributed by atoms with Crippen LogP contribution in [0.1, 0.15) is 24.8 Å². The van der Waals surface area contributed by atoms with E-state index in [2.05, 4.69) is 33.0 Å². The summed E-state index contributed by atoms with van der Waals surface area (Å²) in [6.45, 7) is 0.770. The molecule has 1 fully saturated rings. The second-order valence-corrected chi connectivity index (χ2v) is 5.85. The molecular formula is C14H16N4S. The molecule has 1 aliphatic carbocycles. The summed E-state index contributed by atoms with van der Waals surface area (Å²) in [5.74, 6) is 0.164. The maximum atomic E-state index is 9.09. The van der Waals surface area contributed by atoms with Crippen LogP contribution in [-0.4, -0.2) is 16.2 Å². The van der Waals surface area contributed by atoms with Gasteiger partial charge in [0.05, 0.1) is 28.8 Å². The monoisotopic (exact) mass is 272 g/mol. The largest absolute Gasteiger partial charge is 0.308 e. The number of nitrogens with one attached hydrogen (secondary N) is 2. The summed E-state index contributed by atoms with van der Waals surface area (Å²) < 4.78 is 0. The van der Waals surface area contributed by atoms with Gasteiger partial charge >= 0.3 is 0 Å². The van der Waals surface area contributed by atoms with E-state index in [0.717, 1.165) is 31.5 Å². The highest BCUT2D eigenvalue weighted by atomic mass is 32.1. The predicted molar refractivity (Wildman–Crippen MR) is 75.5 cm³/mol. The molecular weight excluding hydrogens is 256 g/mol. The number of rotatable bonds is 4. The van der Waals surface area contributed by atoms with E-state index >= 15 is 0 Å². The Morgan fingerprint density at radius 3 is 3.26 bits per heavy atom. The van der Waals surface area contributed by atoms with Crippen molar-refractivity contribution in [1.29, 1.82) is 5.26 Å². The Morgan fingerprint density at radius 1 is 1.53 bits per heavy atom. The van der Waals surface area contributed by atoms with E-state index in [1.165, 1.54) is 10.4 Å². The van der Waals surface area contributed by atoms with Gasteiger partial charge in [0.25, 0.3) is 0 Å². The number of nitrogens with zero attached hydrogens (tertiary/aromatic N) is 2. The van der Waals surface area contributed by atoms with Crippen LogP contribution in [0.2, 0.25) is 0 Å². The molecule has 2 unspecified atom stereocenters. The van der Waals surface area contributed by atoms with E-state index in [1.807, 2.05) is 12.3 Å². The average Bonchev–Trinajstić information content (AvgIpc) is 3.16. The highest BCUT2D eigenvalue weighted by molar-refractivity contribution is 7.13. The van der Waals surface area contributed by atoms with Gasteiger partial charge in [0.15, 0.2) is 0 Å². The molecule has 0 amide bonds. The SMILES string of the molecule is N#CC1CCCC1NCc1cn[nH]c1-c1cccs1. The molecule has 1 saturated carbocycles.